The molecule has 0 bridgehead atoms. The van der Waals surface area contributed by atoms with Gasteiger partial charge in [-0.25, -0.2) is 14.3 Å². The molecule has 0 N–H and O–H groups in total. The van der Waals surface area contributed by atoms with Crippen LogP contribution in [0.1, 0.15) is 24.8 Å². The van der Waals surface area contributed by atoms with Gasteiger partial charge in [-0.2, -0.15) is 10.2 Å². The van der Waals surface area contributed by atoms with Crippen LogP contribution in [0.25, 0.3) is 17.2 Å². The Kier molecular flexibility index (Phi) is 4.04. The first-order valence-corrected chi connectivity index (χ1v) is 8.41. The van der Waals surface area contributed by atoms with Gasteiger partial charge >= 0.3 is 0 Å². The lowest BCUT2D eigenvalue weighted by molar-refractivity contribution is 0.105. The lowest BCUT2D eigenvalue weighted by atomic mass is 10.2. The van der Waals surface area contributed by atoms with E-state index in [0.717, 1.165) is 30.8 Å². The summed E-state index contributed by atoms with van der Waals surface area (Å²) in [4.78, 5) is 4.60. The van der Waals surface area contributed by atoms with E-state index >= 15 is 0 Å². The monoisotopic (exact) mass is 363 g/mol. The highest BCUT2D eigenvalue weighted by Crippen LogP contribution is 2.28. The molecule has 1 fully saturated rings. The van der Waals surface area contributed by atoms with Crippen LogP contribution in [0.2, 0.25) is 10.0 Å². The van der Waals surface area contributed by atoms with E-state index in [9.17, 15) is 0 Å². The Morgan fingerprint density at radius 3 is 2.79 bits per heavy atom. The Hall–Kier alpha value is -1.89. The summed E-state index contributed by atoms with van der Waals surface area (Å²) in [5, 5.41) is 10.0. The molecule has 3 aromatic rings. The zero-order chi connectivity index (χ0) is 16.7. The fourth-order valence-electron chi connectivity index (χ4n) is 2.76. The van der Waals surface area contributed by atoms with Gasteiger partial charge < -0.3 is 4.74 Å². The minimum atomic E-state index is -0.0119. The summed E-state index contributed by atoms with van der Waals surface area (Å²) >= 11 is 12.0. The number of ether oxygens (including phenoxy) is 1. The lowest BCUT2D eigenvalue weighted by Crippen LogP contribution is -1.99. The summed E-state index contributed by atoms with van der Waals surface area (Å²) in [6, 6.07) is 7.28. The summed E-state index contributed by atoms with van der Waals surface area (Å²) in [5.74, 6) is 1.42. The van der Waals surface area contributed by atoms with Crippen molar-refractivity contribution in [2.75, 3.05) is 6.61 Å². The fourth-order valence-corrected chi connectivity index (χ4v) is 3.05. The van der Waals surface area contributed by atoms with Crippen LogP contribution in [-0.4, -0.2) is 31.2 Å². The molecule has 3 heterocycles. The Bertz CT molecular complexity index is 882. The normalized spacial score (nSPS) is 17.5. The van der Waals surface area contributed by atoms with Crippen LogP contribution in [-0.2, 0) is 11.8 Å². The van der Waals surface area contributed by atoms with Gasteiger partial charge in [0.05, 0.1) is 15.7 Å². The van der Waals surface area contributed by atoms with Crippen molar-refractivity contribution in [3.8, 4) is 17.2 Å². The van der Waals surface area contributed by atoms with Crippen molar-refractivity contribution < 1.29 is 4.74 Å². The van der Waals surface area contributed by atoms with Crippen LogP contribution < -0.4 is 0 Å². The number of rotatable bonds is 3. The SMILES string of the molecule is Cn1nc(C2CCCO2)nc1-c1ccn(-c2ccc(Cl)c(Cl)c2)n1. The molecule has 1 aromatic carbocycles. The van der Waals surface area contributed by atoms with Crippen LogP contribution in [0.4, 0.5) is 0 Å². The Balaban J connectivity index is 1.66. The topological polar surface area (TPSA) is 57.8 Å². The molecule has 1 saturated heterocycles. The largest absolute Gasteiger partial charge is 0.370 e. The van der Waals surface area contributed by atoms with Crippen molar-refractivity contribution in [3.05, 3.63) is 46.3 Å². The molecule has 8 heteroatoms. The fraction of sp³-hybridized carbons (Fsp3) is 0.312. The van der Waals surface area contributed by atoms with E-state index in [1.807, 2.05) is 25.4 Å². The summed E-state index contributed by atoms with van der Waals surface area (Å²) in [5.41, 5.74) is 1.57. The molecule has 0 radical (unpaired) electrons. The van der Waals surface area contributed by atoms with Crippen molar-refractivity contribution in [3.63, 3.8) is 0 Å². The average molecular weight is 364 g/mol. The van der Waals surface area contributed by atoms with Gasteiger partial charge in [0.1, 0.15) is 11.8 Å². The zero-order valence-electron chi connectivity index (χ0n) is 13.0. The van der Waals surface area contributed by atoms with Crippen LogP contribution in [0.5, 0.6) is 0 Å². The maximum Gasteiger partial charge on any atom is 0.180 e. The lowest BCUT2D eigenvalue weighted by Gasteiger charge is -2.03. The molecule has 1 aliphatic rings. The number of hydrogen-bond donors (Lipinski definition) is 0. The van der Waals surface area contributed by atoms with Crippen LogP contribution >= 0.6 is 23.2 Å². The first-order chi connectivity index (χ1) is 11.6. The molecule has 2 aromatic heterocycles. The third-order valence-corrected chi connectivity index (χ3v) is 4.72. The molecule has 1 atom stereocenters. The smallest absolute Gasteiger partial charge is 0.180 e. The molecule has 6 nitrogen and oxygen atoms in total. The zero-order valence-corrected chi connectivity index (χ0v) is 14.5. The van der Waals surface area contributed by atoms with Gasteiger partial charge in [0.25, 0.3) is 0 Å². The molecule has 1 aliphatic heterocycles. The predicted octanol–water partition coefficient (Wildman–Crippen LogP) is 3.83. The predicted molar refractivity (Wildman–Crippen MR) is 91.5 cm³/mol. The first kappa shape index (κ1) is 15.6. The standard InChI is InChI=1S/C16H15Cl2N5O/c1-22-16(19-15(21-22)14-3-2-8-24-14)13-6-7-23(20-13)10-4-5-11(17)12(18)9-10/h4-7,9,14H,2-3,8H2,1H3. The number of aromatic nitrogens is 5. The van der Waals surface area contributed by atoms with E-state index in [-0.39, 0.29) is 6.10 Å². The van der Waals surface area contributed by atoms with E-state index in [1.54, 1.807) is 21.5 Å². The molecule has 0 aliphatic carbocycles. The van der Waals surface area contributed by atoms with Crippen LogP contribution in [0, 0.1) is 0 Å². The van der Waals surface area contributed by atoms with Crippen LogP contribution in [0.15, 0.2) is 30.5 Å². The van der Waals surface area contributed by atoms with E-state index in [0.29, 0.717) is 21.7 Å². The van der Waals surface area contributed by atoms with E-state index < -0.39 is 0 Å². The first-order valence-electron chi connectivity index (χ1n) is 7.66. The van der Waals surface area contributed by atoms with Gasteiger partial charge in [-0.05, 0) is 37.1 Å². The Labute approximate surface area is 149 Å². The van der Waals surface area contributed by atoms with E-state index in [4.69, 9.17) is 27.9 Å². The highest BCUT2D eigenvalue weighted by molar-refractivity contribution is 6.42. The van der Waals surface area contributed by atoms with E-state index in [1.165, 1.54) is 0 Å². The summed E-state index contributed by atoms with van der Waals surface area (Å²) in [7, 11) is 1.86. The molecule has 0 saturated carbocycles. The number of aryl methyl sites for hydroxylation is 1. The van der Waals surface area contributed by atoms with Gasteiger partial charge in [-0.1, -0.05) is 23.2 Å². The van der Waals surface area contributed by atoms with Crippen LogP contribution in [0.3, 0.4) is 0 Å². The second-order valence-corrected chi connectivity index (χ2v) is 6.48. The van der Waals surface area contributed by atoms with Gasteiger partial charge in [0, 0.05) is 19.9 Å². The van der Waals surface area contributed by atoms with Gasteiger partial charge in [-0.3, -0.25) is 0 Å². The Morgan fingerprint density at radius 1 is 1.17 bits per heavy atom. The van der Waals surface area contributed by atoms with Gasteiger partial charge in [-0.15, -0.1) is 0 Å². The summed E-state index contributed by atoms with van der Waals surface area (Å²) in [6.07, 6.45) is 3.85. The highest BCUT2D eigenvalue weighted by Gasteiger charge is 2.24. The molecule has 124 valence electrons. The maximum atomic E-state index is 6.08. The average Bonchev–Trinajstić information content (AvgIpc) is 3.29. The molecular formula is C16H15Cl2N5O. The molecular weight excluding hydrogens is 349 g/mol. The van der Waals surface area contributed by atoms with Crippen molar-refractivity contribution in [2.24, 2.45) is 7.05 Å². The second kappa shape index (κ2) is 6.20. The quantitative estimate of drug-likeness (QED) is 0.709. The highest BCUT2D eigenvalue weighted by atomic mass is 35.5. The second-order valence-electron chi connectivity index (χ2n) is 5.66. The van der Waals surface area contributed by atoms with Crippen molar-refractivity contribution in [1.29, 1.82) is 0 Å². The summed E-state index contributed by atoms with van der Waals surface area (Å²) in [6.45, 7) is 0.768. The molecule has 0 amide bonds. The number of halogens is 2. The minimum Gasteiger partial charge on any atom is -0.370 e. The molecule has 24 heavy (non-hydrogen) atoms. The number of nitrogens with zero attached hydrogens (tertiary/aromatic N) is 5. The number of benzene rings is 1. The third kappa shape index (κ3) is 2.81. The van der Waals surface area contributed by atoms with Crippen molar-refractivity contribution in [2.45, 2.75) is 18.9 Å². The van der Waals surface area contributed by atoms with E-state index in [2.05, 4.69) is 15.2 Å². The minimum absolute atomic E-state index is 0.0119. The van der Waals surface area contributed by atoms with Crippen molar-refractivity contribution >= 4 is 23.2 Å². The number of hydrogen-bond acceptors (Lipinski definition) is 4. The van der Waals surface area contributed by atoms with Crippen molar-refractivity contribution in [1.82, 2.24) is 24.5 Å². The maximum absolute atomic E-state index is 6.08. The third-order valence-electron chi connectivity index (χ3n) is 3.98. The molecule has 1 unspecified atom stereocenters. The molecule has 0 spiro atoms. The Morgan fingerprint density at radius 2 is 2.04 bits per heavy atom. The summed E-state index contributed by atoms with van der Waals surface area (Å²) < 4.78 is 9.12. The molecule has 4 rings (SSSR count). The van der Waals surface area contributed by atoms with Gasteiger partial charge in [0.15, 0.2) is 11.6 Å². The van der Waals surface area contributed by atoms with Gasteiger partial charge in [0.2, 0.25) is 0 Å².